The van der Waals surface area contributed by atoms with Crippen LogP contribution in [0.15, 0.2) is 48.5 Å². The number of benzene rings is 2. The summed E-state index contributed by atoms with van der Waals surface area (Å²) in [5, 5.41) is 3.06. The Morgan fingerprint density at radius 1 is 1.08 bits per heavy atom. The van der Waals surface area contributed by atoms with Crippen molar-refractivity contribution in [1.29, 1.82) is 0 Å². The summed E-state index contributed by atoms with van der Waals surface area (Å²) in [4.78, 5) is 41.2. The Labute approximate surface area is 226 Å². The van der Waals surface area contributed by atoms with Crippen molar-refractivity contribution in [2.75, 3.05) is 20.0 Å². The first kappa shape index (κ1) is 28.5. The summed E-state index contributed by atoms with van der Waals surface area (Å²) in [6.45, 7) is 5.78. The van der Waals surface area contributed by atoms with E-state index in [-0.39, 0.29) is 28.7 Å². The van der Waals surface area contributed by atoms with Crippen molar-refractivity contribution in [3.05, 3.63) is 70.2 Å². The van der Waals surface area contributed by atoms with E-state index in [1.807, 2.05) is 39.0 Å². The highest BCUT2D eigenvalue weighted by Crippen LogP contribution is 2.33. The van der Waals surface area contributed by atoms with E-state index in [2.05, 4.69) is 9.69 Å². The van der Waals surface area contributed by atoms with E-state index in [9.17, 15) is 14.4 Å². The van der Waals surface area contributed by atoms with Crippen molar-refractivity contribution in [3.63, 3.8) is 0 Å². The third kappa shape index (κ3) is 6.23. The van der Waals surface area contributed by atoms with Gasteiger partial charge < -0.3 is 31.2 Å². The van der Waals surface area contributed by atoms with Gasteiger partial charge in [-0.3, -0.25) is 14.4 Å². The molecule has 0 bridgehead atoms. The molecule has 11 heteroatoms. The van der Waals surface area contributed by atoms with Crippen LogP contribution in [0.4, 0.5) is 5.69 Å². The van der Waals surface area contributed by atoms with E-state index < -0.39 is 23.4 Å². The monoisotopic (exact) mass is 539 g/mol. The first-order chi connectivity index (χ1) is 18.0. The number of amides is 3. The number of carbonyl (C=O) groups excluding carboxylic acids is 3. The molecule has 3 aromatic rings. The molecule has 202 valence electrons. The van der Waals surface area contributed by atoms with Gasteiger partial charge in [0.15, 0.2) is 5.69 Å². The average Bonchev–Trinajstić information content (AvgIpc) is 3.29. The summed E-state index contributed by atoms with van der Waals surface area (Å²) in [6.07, 6.45) is 0.665. The maximum absolute atomic E-state index is 14.1. The van der Waals surface area contributed by atoms with Crippen molar-refractivity contribution >= 4 is 34.9 Å². The lowest BCUT2D eigenvalue weighted by molar-refractivity contribution is -0.127. The quantitative estimate of drug-likeness (QED) is 0.337. The van der Waals surface area contributed by atoms with E-state index in [1.54, 1.807) is 37.4 Å². The van der Waals surface area contributed by atoms with Crippen molar-refractivity contribution in [3.8, 4) is 11.5 Å². The number of carbonyl (C=O) groups is 3. The van der Waals surface area contributed by atoms with Crippen LogP contribution in [-0.4, -0.2) is 46.8 Å². The zero-order valence-corrected chi connectivity index (χ0v) is 22.9. The van der Waals surface area contributed by atoms with Crippen molar-refractivity contribution in [1.82, 2.24) is 14.6 Å². The lowest BCUT2D eigenvalue weighted by Crippen LogP contribution is -2.50. The summed E-state index contributed by atoms with van der Waals surface area (Å²) in [6, 6.07) is 13.0. The van der Waals surface area contributed by atoms with Crippen LogP contribution < -0.4 is 26.3 Å². The van der Waals surface area contributed by atoms with Crippen LogP contribution in [0.5, 0.6) is 11.5 Å². The SMILES string of the molecule is CCC(C)(C)NC(=O)C(c1ccc(OC)cc1)N(Cc1ccccc1OC)C(=O)c1snc(C(N)=O)c1N. The molecule has 1 atom stereocenters. The number of rotatable bonds is 11. The minimum Gasteiger partial charge on any atom is -0.497 e. The molecule has 2 aromatic carbocycles. The summed E-state index contributed by atoms with van der Waals surface area (Å²) in [5.41, 5.74) is 11.9. The van der Waals surface area contributed by atoms with E-state index in [1.165, 1.54) is 12.0 Å². The third-order valence-electron chi connectivity index (χ3n) is 6.29. The van der Waals surface area contributed by atoms with E-state index >= 15 is 0 Å². The van der Waals surface area contributed by atoms with Gasteiger partial charge in [-0.15, -0.1) is 0 Å². The lowest BCUT2D eigenvalue weighted by atomic mass is 9.98. The molecule has 0 aliphatic rings. The van der Waals surface area contributed by atoms with Crippen LogP contribution in [-0.2, 0) is 11.3 Å². The second kappa shape index (κ2) is 12.0. The van der Waals surface area contributed by atoms with Gasteiger partial charge >= 0.3 is 0 Å². The van der Waals surface area contributed by atoms with Crippen LogP contribution in [0.2, 0.25) is 0 Å². The van der Waals surface area contributed by atoms with Gasteiger partial charge in [-0.1, -0.05) is 37.3 Å². The van der Waals surface area contributed by atoms with Gasteiger partial charge in [0.05, 0.1) is 26.5 Å². The Bertz CT molecular complexity index is 1310. The van der Waals surface area contributed by atoms with Gasteiger partial charge in [0.2, 0.25) is 5.91 Å². The number of nitrogen functional groups attached to an aromatic ring is 1. The number of nitrogens with one attached hydrogen (secondary N) is 1. The Kier molecular flexibility index (Phi) is 8.95. The number of para-hydroxylation sites is 1. The second-order valence-corrected chi connectivity index (χ2v) is 10.1. The number of aromatic nitrogens is 1. The minimum absolute atomic E-state index is 0.00274. The Morgan fingerprint density at radius 3 is 2.29 bits per heavy atom. The fourth-order valence-corrected chi connectivity index (χ4v) is 4.57. The highest BCUT2D eigenvalue weighted by molar-refractivity contribution is 7.09. The van der Waals surface area contributed by atoms with Crippen LogP contribution in [0.3, 0.4) is 0 Å². The number of hydrogen-bond donors (Lipinski definition) is 3. The number of hydrogen-bond acceptors (Lipinski definition) is 8. The third-order valence-corrected chi connectivity index (χ3v) is 7.14. The number of anilines is 1. The molecule has 0 radical (unpaired) electrons. The topological polar surface area (TPSA) is 150 Å². The first-order valence-corrected chi connectivity index (χ1v) is 12.7. The molecule has 1 aromatic heterocycles. The molecule has 0 aliphatic heterocycles. The van der Waals surface area contributed by atoms with Gasteiger partial charge in [-0.05, 0) is 55.6 Å². The van der Waals surface area contributed by atoms with Gasteiger partial charge in [-0.2, -0.15) is 4.37 Å². The lowest BCUT2D eigenvalue weighted by Gasteiger charge is -2.34. The molecule has 1 heterocycles. The van der Waals surface area contributed by atoms with Crippen molar-refractivity contribution in [2.24, 2.45) is 5.73 Å². The highest BCUT2D eigenvalue weighted by atomic mass is 32.1. The molecule has 38 heavy (non-hydrogen) atoms. The zero-order valence-electron chi connectivity index (χ0n) is 22.1. The first-order valence-electron chi connectivity index (χ1n) is 12.0. The molecule has 0 saturated carbocycles. The van der Waals surface area contributed by atoms with Gasteiger partial charge in [0.1, 0.15) is 22.4 Å². The number of ether oxygens (including phenoxy) is 2. The smallest absolute Gasteiger partial charge is 0.270 e. The molecule has 10 nitrogen and oxygen atoms in total. The van der Waals surface area contributed by atoms with E-state index in [4.69, 9.17) is 20.9 Å². The summed E-state index contributed by atoms with van der Waals surface area (Å²) < 4.78 is 14.8. The molecule has 5 N–H and O–H groups in total. The van der Waals surface area contributed by atoms with Gasteiger partial charge in [-0.25, -0.2) is 0 Å². The number of nitrogens with two attached hydrogens (primary N) is 2. The standard InChI is InChI=1S/C27H33N5O5S/c1-6-27(2,3)30-25(34)22(16-11-13-18(36-4)14-12-16)32(15-17-9-7-8-10-19(17)37-5)26(35)23-20(28)21(24(29)33)31-38-23/h7-14,22H,6,15,28H2,1-5H3,(H2,29,33)(H,30,34). The average molecular weight is 540 g/mol. The molecule has 0 saturated heterocycles. The summed E-state index contributed by atoms with van der Waals surface area (Å²) in [7, 11) is 3.08. The highest BCUT2D eigenvalue weighted by Gasteiger charge is 2.37. The van der Waals surface area contributed by atoms with Gasteiger partial charge in [0.25, 0.3) is 11.8 Å². The van der Waals surface area contributed by atoms with Crippen LogP contribution in [0.25, 0.3) is 0 Å². The molecular weight excluding hydrogens is 506 g/mol. The van der Waals surface area contributed by atoms with Crippen LogP contribution >= 0.6 is 11.5 Å². The predicted molar refractivity (Wildman–Crippen MR) is 146 cm³/mol. The second-order valence-electron chi connectivity index (χ2n) is 9.29. The van der Waals surface area contributed by atoms with E-state index in [0.29, 0.717) is 29.0 Å². The van der Waals surface area contributed by atoms with Crippen LogP contribution in [0, 0.1) is 0 Å². The molecule has 3 amide bonds. The molecule has 0 aliphatic carbocycles. The molecule has 0 fully saturated rings. The Balaban J connectivity index is 2.20. The van der Waals surface area contributed by atoms with Crippen molar-refractivity contribution in [2.45, 2.75) is 45.3 Å². The predicted octanol–water partition coefficient (Wildman–Crippen LogP) is 3.53. The normalized spacial score (nSPS) is 11.9. The largest absolute Gasteiger partial charge is 0.497 e. The van der Waals surface area contributed by atoms with Crippen molar-refractivity contribution < 1.29 is 23.9 Å². The van der Waals surface area contributed by atoms with E-state index in [0.717, 1.165) is 11.5 Å². The Morgan fingerprint density at radius 2 is 1.74 bits per heavy atom. The fraction of sp³-hybridized carbons (Fsp3) is 0.333. The van der Waals surface area contributed by atoms with Crippen LogP contribution in [0.1, 0.15) is 64.5 Å². The fourth-order valence-electron chi connectivity index (χ4n) is 3.81. The van der Waals surface area contributed by atoms with Gasteiger partial charge in [0, 0.05) is 11.1 Å². The molecule has 3 rings (SSSR count). The summed E-state index contributed by atoms with van der Waals surface area (Å²) in [5.74, 6) is -0.666. The minimum atomic E-state index is -1.07. The molecule has 0 spiro atoms. The maximum atomic E-state index is 14.1. The number of nitrogens with zero attached hydrogens (tertiary/aromatic N) is 2. The Hall–Kier alpha value is -4.12. The molecular formula is C27H33N5O5S. The summed E-state index contributed by atoms with van der Waals surface area (Å²) >= 11 is 0.759. The number of methoxy groups -OCH3 is 2. The zero-order chi connectivity index (χ0) is 28.0. The maximum Gasteiger partial charge on any atom is 0.270 e. The number of primary amides is 1. The molecule has 1 unspecified atom stereocenters.